The van der Waals surface area contributed by atoms with E-state index in [1.165, 1.54) is 10.5 Å². The first-order valence-electron chi connectivity index (χ1n) is 6.45. The van der Waals surface area contributed by atoms with Gasteiger partial charge in [-0.2, -0.15) is 16.4 Å². The van der Waals surface area contributed by atoms with E-state index in [-0.39, 0.29) is 16.9 Å². The van der Waals surface area contributed by atoms with Crippen LogP contribution in [0.3, 0.4) is 0 Å². The number of rotatable bonds is 2. The SMILES string of the molecule is O=C(O)c1cc2n[nH]c(=O)n2c2cc(-c3ccsc3)ccc12. The lowest BCUT2D eigenvalue weighted by Gasteiger charge is -2.07. The molecular formula is C15H9N3O3S. The van der Waals surface area contributed by atoms with E-state index in [9.17, 15) is 14.7 Å². The standard InChI is InChI=1S/C15H9N3O3S/c19-14(20)11-6-13-16-17-15(21)18(13)12-5-8(1-2-10(11)12)9-3-4-22-7-9/h1-7H,(H,17,21)(H,19,20). The highest BCUT2D eigenvalue weighted by molar-refractivity contribution is 7.08. The number of benzene rings is 1. The number of aromatic amines is 1. The zero-order valence-corrected chi connectivity index (χ0v) is 11.9. The molecule has 0 spiro atoms. The van der Waals surface area contributed by atoms with Crippen molar-refractivity contribution in [1.82, 2.24) is 14.6 Å². The van der Waals surface area contributed by atoms with E-state index >= 15 is 0 Å². The van der Waals surface area contributed by atoms with Gasteiger partial charge < -0.3 is 5.11 Å². The molecule has 0 amide bonds. The molecule has 0 aliphatic heterocycles. The van der Waals surface area contributed by atoms with Gasteiger partial charge >= 0.3 is 11.7 Å². The number of aromatic carboxylic acids is 1. The van der Waals surface area contributed by atoms with Crippen molar-refractivity contribution in [1.29, 1.82) is 0 Å². The molecule has 0 radical (unpaired) electrons. The molecule has 3 heterocycles. The number of carboxylic acids is 1. The summed E-state index contributed by atoms with van der Waals surface area (Å²) < 4.78 is 1.39. The lowest BCUT2D eigenvalue weighted by Crippen LogP contribution is -2.11. The van der Waals surface area contributed by atoms with Crippen LogP contribution in [0.4, 0.5) is 0 Å². The average Bonchev–Trinajstić information content (AvgIpc) is 3.16. The van der Waals surface area contributed by atoms with Crippen LogP contribution in [0.1, 0.15) is 10.4 Å². The first kappa shape index (κ1) is 12.8. The number of nitrogens with zero attached hydrogens (tertiary/aromatic N) is 2. The fourth-order valence-corrected chi connectivity index (χ4v) is 3.24. The zero-order valence-electron chi connectivity index (χ0n) is 11.1. The highest BCUT2D eigenvalue weighted by Crippen LogP contribution is 2.28. The summed E-state index contributed by atoms with van der Waals surface area (Å²) in [4.78, 5) is 23.4. The molecule has 0 atom stereocenters. The number of carboxylic acid groups (broad SMARTS) is 1. The van der Waals surface area contributed by atoms with E-state index in [4.69, 9.17) is 0 Å². The molecular weight excluding hydrogens is 302 g/mol. The minimum atomic E-state index is -1.05. The number of nitrogens with one attached hydrogen (secondary N) is 1. The maximum absolute atomic E-state index is 12.0. The van der Waals surface area contributed by atoms with Gasteiger partial charge in [0, 0.05) is 5.39 Å². The number of carbonyl (C=O) groups is 1. The van der Waals surface area contributed by atoms with E-state index in [1.807, 2.05) is 29.0 Å². The van der Waals surface area contributed by atoms with Gasteiger partial charge in [-0.3, -0.25) is 0 Å². The lowest BCUT2D eigenvalue weighted by atomic mass is 10.0. The molecule has 4 rings (SSSR count). The second-order valence-corrected chi connectivity index (χ2v) is 5.61. The largest absolute Gasteiger partial charge is 0.478 e. The quantitative estimate of drug-likeness (QED) is 0.595. The molecule has 2 N–H and O–H groups in total. The normalized spacial score (nSPS) is 11.3. The Morgan fingerprint density at radius 2 is 2.09 bits per heavy atom. The Bertz CT molecular complexity index is 1080. The van der Waals surface area contributed by atoms with Crippen molar-refractivity contribution >= 4 is 33.9 Å². The highest BCUT2D eigenvalue weighted by Gasteiger charge is 2.15. The van der Waals surface area contributed by atoms with Gasteiger partial charge in [0.1, 0.15) is 0 Å². The molecule has 22 heavy (non-hydrogen) atoms. The van der Waals surface area contributed by atoms with Crippen LogP contribution in [-0.2, 0) is 0 Å². The van der Waals surface area contributed by atoms with Crippen LogP contribution in [-0.4, -0.2) is 25.7 Å². The predicted octanol–water partition coefficient (Wildman–Crippen LogP) is 2.60. The number of hydrogen-bond acceptors (Lipinski definition) is 4. The second-order valence-electron chi connectivity index (χ2n) is 4.83. The molecule has 0 unspecified atom stereocenters. The maximum Gasteiger partial charge on any atom is 0.348 e. The minimum Gasteiger partial charge on any atom is -0.478 e. The molecule has 3 aromatic heterocycles. The fourth-order valence-electron chi connectivity index (χ4n) is 2.58. The number of pyridine rings is 1. The van der Waals surface area contributed by atoms with Crippen LogP contribution in [0.25, 0.3) is 27.7 Å². The van der Waals surface area contributed by atoms with Crippen LogP contribution in [0.5, 0.6) is 0 Å². The Labute approximate surface area is 127 Å². The van der Waals surface area contributed by atoms with Crippen molar-refractivity contribution in [3.05, 3.63) is 57.1 Å². The summed E-state index contributed by atoms with van der Waals surface area (Å²) >= 11 is 1.58. The number of fused-ring (bicyclic) bond motifs is 3. The van der Waals surface area contributed by atoms with Crippen LogP contribution in [0.15, 0.2) is 45.9 Å². The van der Waals surface area contributed by atoms with Crippen molar-refractivity contribution in [2.75, 3.05) is 0 Å². The van der Waals surface area contributed by atoms with Crippen molar-refractivity contribution in [2.24, 2.45) is 0 Å². The Morgan fingerprint density at radius 3 is 2.82 bits per heavy atom. The van der Waals surface area contributed by atoms with Gasteiger partial charge in [0.15, 0.2) is 5.65 Å². The van der Waals surface area contributed by atoms with Gasteiger partial charge in [0.2, 0.25) is 0 Å². The number of aromatic nitrogens is 3. The van der Waals surface area contributed by atoms with E-state index in [1.54, 1.807) is 17.4 Å². The van der Waals surface area contributed by atoms with Crippen molar-refractivity contribution in [2.45, 2.75) is 0 Å². The van der Waals surface area contributed by atoms with Crippen molar-refractivity contribution in [3.8, 4) is 11.1 Å². The van der Waals surface area contributed by atoms with E-state index in [0.29, 0.717) is 10.9 Å². The third-order valence-corrected chi connectivity index (χ3v) is 4.27. The van der Waals surface area contributed by atoms with Gasteiger partial charge in [-0.15, -0.1) is 0 Å². The monoisotopic (exact) mass is 311 g/mol. The summed E-state index contributed by atoms with van der Waals surface area (Å²) in [5.74, 6) is -1.05. The molecule has 7 heteroatoms. The Balaban J connectivity index is 2.17. The molecule has 108 valence electrons. The molecule has 0 aliphatic carbocycles. The Morgan fingerprint density at radius 1 is 1.23 bits per heavy atom. The van der Waals surface area contributed by atoms with Gasteiger partial charge in [-0.25, -0.2) is 19.1 Å². The van der Waals surface area contributed by atoms with E-state index < -0.39 is 5.97 Å². The number of thiophene rings is 1. The van der Waals surface area contributed by atoms with Gasteiger partial charge in [-0.05, 0) is 40.1 Å². The van der Waals surface area contributed by atoms with Crippen molar-refractivity contribution < 1.29 is 9.90 Å². The third kappa shape index (κ3) is 1.76. The summed E-state index contributed by atoms with van der Waals surface area (Å²) in [6.45, 7) is 0. The number of H-pyrrole nitrogens is 1. The summed E-state index contributed by atoms with van der Waals surface area (Å²) in [5.41, 5.74) is 2.50. The van der Waals surface area contributed by atoms with Crippen LogP contribution >= 0.6 is 11.3 Å². The van der Waals surface area contributed by atoms with E-state index in [2.05, 4.69) is 10.2 Å². The first-order chi connectivity index (χ1) is 10.6. The van der Waals surface area contributed by atoms with Gasteiger partial charge in [0.05, 0.1) is 11.1 Å². The topological polar surface area (TPSA) is 87.5 Å². The molecule has 6 nitrogen and oxygen atoms in total. The molecule has 1 aromatic carbocycles. The molecule has 0 saturated heterocycles. The van der Waals surface area contributed by atoms with Crippen LogP contribution in [0, 0.1) is 0 Å². The maximum atomic E-state index is 12.0. The van der Waals surface area contributed by atoms with Crippen LogP contribution in [0.2, 0.25) is 0 Å². The van der Waals surface area contributed by atoms with Gasteiger partial charge in [-0.1, -0.05) is 12.1 Å². The summed E-state index contributed by atoms with van der Waals surface area (Å²) in [5, 5.41) is 20.1. The number of hydrogen-bond donors (Lipinski definition) is 2. The van der Waals surface area contributed by atoms with Crippen LogP contribution < -0.4 is 5.69 Å². The molecule has 4 aromatic rings. The Kier molecular flexibility index (Phi) is 2.64. The fraction of sp³-hybridized carbons (Fsp3) is 0. The van der Waals surface area contributed by atoms with E-state index in [0.717, 1.165) is 11.1 Å². The molecule has 0 saturated carbocycles. The molecule has 0 fully saturated rings. The second kappa shape index (κ2) is 4.54. The zero-order chi connectivity index (χ0) is 15.3. The highest BCUT2D eigenvalue weighted by atomic mass is 32.1. The lowest BCUT2D eigenvalue weighted by molar-refractivity contribution is 0.0699. The smallest absolute Gasteiger partial charge is 0.348 e. The summed E-state index contributed by atoms with van der Waals surface area (Å²) in [6.07, 6.45) is 0. The third-order valence-electron chi connectivity index (χ3n) is 3.59. The van der Waals surface area contributed by atoms with Gasteiger partial charge in [0.25, 0.3) is 0 Å². The minimum absolute atomic E-state index is 0.123. The molecule has 0 bridgehead atoms. The summed E-state index contributed by atoms with van der Waals surface area (Å²) in [7, 11) is 0. The average molecular weight is 311 g/mol. The molecule has 0 aliphatic rings. The van der Waals surface area contributed by atoms with Crippen molar-refractivity contribution in [3.63, 3.8) is 0 Å². The Hall–Kier alpha value is -2.93. The first-order valence-corrected chi connectivity index (χ1v) is 7.39. The predicted molar refractivity (Wildman–Crippen MR) is 83.6 cm³/mol. The summed E-state index contributed by atoms with van der Waals surface area (Å²) in [6, 6.07) is 8.77.